The number of hydrogen-bond donors (Lipinski definition) is 1. The third kappa shape index (κ3) is 2.74. The summed E-state index contributed by atoms with van der Waals surface area (Å²) in [4.78, 5) is 8.94. The van der Waals surface area contributed by atoms with Crippen LogP contribution < -0.4 is 5.32 Å². The number of thiazole rings is 1. The van der Waals surface area contributed by atoms with Crippen molar-refractivity contribution in [1.29, 1.82) is 0 Å². The normalized spacial score (nSPS) is 10.8. The van der Waals surface area contributed by atoms with Crippen LogP contribution in [-0.4, -0.2) is 16.5 Å². The largest absolute Gasteiger partial charge is 0.361 e. The molecule has 96 valence electrons. The van der Waals surface area contributed by atoms with Crippen molar-refractivity contribution in [2.75, 3.05) is 11.9 Å². The minimum Gasteiger partial charge on any atom is -0.361 e. The van der Waals surface area contributed by atoms with E-state index in [0.717, 1.165) is 29.3 Å². The fourth-order valence-electron chi connectivity index (χ4n) is 2.01. The Morgan fingerprint density at radius 2 is 2.11 bits per heavy atom. The maximum absolute atomic E-state index is 4.63. The molecular formula is C15H15N3S. The lowest BCUT2D eigenvalue weighted by Crippen LogP contribution is -2.05. The van der Waals surface area contributed by atoms with Gasteiger partial charge < -0.3 is 5.32 Å². The Hall–Kier alpha value is -1.94. The molecule has 0 aliphatic heterocycles. The van der Waals surface area contributed by atoms with Crippen LogP contribution in [0.1, 0.15) is 11.3 Å². The number of nitrogens with zero attached hydrogens (tertiary/aromatic N) is 2. The molecule has 0 aliphatic rings. The molecule has 3 nitrogen and oxygen atoms in total. The molecule has 0 atom stereocenters. The summed E-state index contributed by atoms with van der Waals surface area (Å²) < 4.78 is 1.24. The maximum atomic E-state index is 4.63. The lowest BCUT2D eigenvalue weighted by atomic mass is 10.2. The Bertz CT molecular complexity index is 676. The molecular weight excluding hydrogens is 254 g/mol. The average Bonchev–Trinajstić information content (AvgIpc) is 2.84. The molecule has 0 saturated carbocycles. The molecule has 19 heavy (non-hydrogen) atoms. The van der Waals surface area contributed by atoms with Gasteiger partial charge in [-0.2, -0.15) is 0 Å². The summed E-state index contributed by atoms with van der Waals surface area (Å²) in [5, 5.41) is 4.36. The lowest BCUT2D eigenvalue weighted by molar-refractivity contribution is 0.960. The van der Waals surface area contributed by atoms with Crippen LogP contribution in [0.3, 0.4) is 0 Å². The Morgan fingerprint density at radius 1 is 1.16 bits per heavy atom. The molecule has 0 fully saturated rings. The van der Waals surface area contributed by atoms with Crippen LogP contribution in [0.25, 0.3) is 10.2 Å². The Balaban J connectivity index is 1.67. The second kappa shape index (κ2) is 5.36. The van der Waals surface area contributed by atoms with Crippen LogP contribution in [0.5, 0.6) is 0 Å². The lowest BCUT2D eigenvalue weighted by Gasteiger charge is -2.01. The molecule has 4 heteroatoms. The number of aromatic nitrogens is 2. The van der Waals surface area contributed by atoms with E-state index in [-0.39, 0.29) is 0 Å². The van der Waals surface area contributed by atoms with Crippen molar-refractivity contribution in [2.45, 2.75) is 13.3 Å². The Labute approximate surface area is 116 Å². The predicted octanol–water partition coefficient (Wildman–Crippen LogP) is 3.65. The van der Waals surface area contributed by atoms with Crippen molar-refractivity contribution >= 4 is 26.7 Å². The molecule has 0 aliphatic carbocycles. The molecule has 2 aromatic heterocycles. The van der Waals surface area contributed by atoms with Crippen molar-refractivity contribution in [1.82, 2.24) is 9.97 Å². The minimum atomic E-state index is 0.857. The summed E-state index contributed by atoms with van der Waals surface area (Å²) in [6.45, 7) is 2.95. The molecule has 1 N–H and O–H groups in total. The number of rotatable bonds is 4. The van der Waals surface area contributed by atoms with Crippen LogP contribution in [-0.2, 0) is 6.42 Å². The highest BCUT2D eigenvalue weighted by atomic mass is 32.1. The van der Waals surface area contributed by atoms with Crippen molar-refractivity contribution in [2.24, 2.45) is 0 Å². The van der Waals surface area contributed by atoms with Gasteiger partial charge in [-0.1, -0.05) is 29.5 Å². The van der Waals surface area contributed by atoms with E-state index in [1.807, 2.05) is 24.4 Å². The van der Waals surface area contributed by atoms with E-state index in [1.54, 1.807) is 11.3 Å². The Kier molecular flexibility index (Phi) is 3.42. The summed E-state index contributed by atoms with van der Waals surface area (Å²) in [5.74, 6) is 0. The monoisotopic (exact) mass is 269 g/mol. The van der Waals surface area contributed by atoms with Gasteiger partial charge in [0.15, 0.2) is 5.13 Å². The molecule has 0 spiro atoms. The zero-order chi connectivity index (χ0) is 13.1. The highest BCUT2D eigenvalue weighted by Gasteiger charge is 2.04. The standard InChI is InChI=1S/C15H15N3S/c1-11-5-4-7-13-14(11)18-15(19-13)17-10-8-12-6-2-3-9-16-12/h2-7,9H,8,10H2,1H3,(H,17,18). The van der Waals surface area contributed by atoms with Crippen molar-refractivity contribution < 1.29 is 0 Å². The highest BCUT2D eigenvalue weighted by molar-refractivity contribution is 7.22. The smallest absolute Gasteiger partial charge is 0.183 e. The third-order valence-electron chi connectivity index (χ3n) is 3.00. The van der Waals surface area contributed by atoms with Crippen LogP contribution in [0.4, 0.5) is 5.13 Å². The molecule has 0 radical (unpaired) electrons. The SMILES string of the molecule is Cc1cccc2sc(NCCc3ccccn3)nc12. The molecule has 0 saturated heterocycles. The summed E-state index contributed by atoms with van der Waals surface area (Å²) in [6, 6.07) is 12.3. The summed E-state index contributed by atoms with van der Waals surface area (Å²) in [5.41, 5.74) is 3.44. The Morgan fingerprint density at radius 3 is 2.89 bits per heavy atom. The van der Waals surface area contributed by atoms with Gasteiger partial charge in [-0.25, -0.2) is 4.98 Å². The van der Waals surface area contributed by atoms with Gasteiger partial charge in [0.2, 0.25) is 0 Å². The predicted molar refractivity (Wildman–Crippen MR) is 80.8 cm³/mol. The number of benzene rings is 1. The molecule has 3 rings (SSSR count). The van der Waals surface area contributed by atoms with E-state index in [0.29, 0.717) is 0 Å². The van der Waals surface area contributed by atoms with Crippen molar-refractivity contribution in [3.8, 4) is 0 Å². The second-order valence-corrected chi connectivity index (χ2v) is 5.47. The quantitative estimate of drug-likeness (QED) is 0.785. The first-order chi connectivity index (χ1) is 9.33. The molecule has 2 heterocycles. The van der Waals surface area contributed by atoms with Gasteiger partial charge in [0.05, 0.1) is 10.2 Å². The van der Waals surface area contributed by atoms with E-state index in [2.05, 4.69) is 40.4 Å². The van der Waals surface area contributed by atoms with Gasteiger partial charge in [-0.3, -0.25) is 4.98 Å². The molecule has 1 aromatic carbocycles. The zero-order valence-corrected chi connectivity index (χ0v) is 11.6. The van der Waals surface area contributed by atoms with Gasteiger partial charge in [-0.15, -0.1) is 0 Å². The van der Waals surface area contributed by atoms with Crippen molar-refractivity contribution in [3.05, 3.63) is 53.9 Å². The van der Waals surface area contributed by atoms with E-state index in [4.69, 9.17) is 0 Å². The average molecular weight is 269 g/mol. The third-order valence-corrected chi connectivity index (χ3v) is 3.98. The minimum absolute atomic E-state index is 0.857. The second-order valence-electron chi connectivity index (χ2n) is 4.44. The van der Waals surface area contributed by atoms with Gasteiger partial charge in [-0.05, 0) is 30.7 Å². The van der Waals surface area contributed by atoms with E-state index >= 15 is 0 Å². The number of pyridine rings is 1. The molecule has 0 bridgehead atoms. The number of para-hydroxylation sites is 1. The first-order valence-electron chi connectivity index (χ1n) is 6.33. The first-order valence-corrected chi connectivity index (χ1v) is 7.14. The zero-order valence-electron chi connectivity index (χ0n) is 10.8. The summed E-state index contributed by atoms with van der Waals surface area (Å²) in [6.07, 6.45) is 2.74. The number of fused-ring (bicyclic) bond motifs is 1. The number of aryl methyl sites for hydroxylation is 1. The maximum Gasteiger partial charge on any atom is 0.183 e. The first kappa shape index (κ1) is 12.1. The van der Waals surface area contributed by atoms with Crippen LogP contribution in [0, 0.1) is 6.92 Å². The van der Waals surface area contributed by atoms with Gasteiger partial charge in [0.25, 0.3) is 0 Å². The van der Waals surface area contributed by atoms with Gasteiger partial charge in [0.1, 0.15) is 0 Å². The number of anilines is 1. The topological polar surface area (TPSA) is 37.8 Å². The highest BCUT2D eigenvalue weighted by Crippen LogP contribution is 2.27. The number of hydrogen-bond acceptors (Lipinski definition) is 4. The fraction of sp³-hybridized carbons (Fsp3) is 0.200. The summed E-state index contributed by atoms with van der Waals surface area (Å²) >= 11 is 1.70. The number of nitrogens with one attached hydrogen (secondary N) is 1. The van der Waals surface area contributed by atoms with Crippen LogP contribution in [0.2, 0.25) is 0 Å². The molecule has 0 unspecified atom stereocenters. The van der Waals surface area contributed by atoms with Crippen molar-refractivity contribution in [3.63, 3.8) is 0 Å². The molecule has 3 aromatic rings. The van der Waals surface area contributed by atoms with Gasteiger partial charge in [0, 0.05) is 24.9 Å². The van der Waals surface area contributed by atoms with Crippen LogP contribution in [0.15, 0.2) is 42.6 Å². The fourth-order valence-corrected chi connectivity index (χ4v) is 2.97. The van der Waals surface area contributed by atoms with Gasteiger partial charge >= 0.3 is 0 Å². The van der Waals surface area contributed by atoms with E-state index < -0.39 is 0 Å². The van der Waals surface area contributed by atoms with E-state index in [9.17, 15) is 0 Å². The summed E-state index contributed by atoms with van der Waals surface area (Å²) in [7, 11) is 0. The van der Waals surface area contributed by atoms with Crippen LogP contribution >= 0.6 is 11.3 Å². The molecule has 0 amide bonds. The van der Waals surface area contributed by atoms with E-state index in [1.165, 1.54) is 10.3 Å².